The molecule has 5 N–H and O–H groups in total. The van der Waals surface area contributed by atoms with Crippen molar-refractivity contribution in [3.63, 3.8) is 0 Å². The number of carboxylic acids is 1. The molecule has 0 unspecified atom stereocenters. The van der Waals surface area contributed by atoms with Gasteiger partial charge in [-0.05, 0) is 29.8 Å². The van der Waals surface area contributed by atoms with E-state index in [1.807, 2.05) is 0 Å². The molecule has 0 aliphatic carbocycles. The molecule has 1 amide bonds. The van der Waals surface area contributed by atoms with Crippen LogP contribution < -0.4 is 16.4 Å². The second kappa shape index (κ2) is 6.84. The molecule has 0 bridgehead atoms. The lowest BCUT2D eigenvalue weighted by molar-refractivity contribution is -0.138. The van der Waals surface area contributed by atoms with Crippen molar-refractivity contribution in [2.24, 2.45) is 11.5 Å². The highest BCUT2D eigenvalue weighted by molar-refractivity contribution is 6.09. The van der Waals surface area contributed by atoms with Gasteiger partial charge in [-0.15, -0.1) is 0 Å². The number of carboxylic acid groups (broad SMARTS) is 1. The van der Waals surface area contributed by atoms with Crippen molar-refractivity contribution in [1.82, 2.24) is 0 Å². The van der Waals surface area contributed by atoms with Crippen LogP contribution in [0, 0.1) is 0 Å². The Morgan fingerprint density at radius 3 is 2.36 bits per heavy atom. The quantitative estimate of drug-likeness (QED) is 0.718. The lowest BCUT2D eigenvalue weighted by Gasteiger charge is -2.26. The van der Waals surface area contributed by atoms with Crippen LogP contribution in [-0.4, -0.2) is 23.1 Å². The molecule has 2 aromatic carbocycles. The zero-order valence-corrected chi connectivity index (χ0v) is 11.8. The molecule has 0 aliphatic heterocycles. The monoisotopic (exact) mass is 299 g/mol. The van der Waals surface area contributed by atoms with Gasteiger partial charge in [0.1, 0.15) is 0 Å². The number of nitrogens with two attached hydrogens (primary N) is 2. The summed E-state index contributed by atoms with van der Waals surface area (Å²) in [6.07, 6.45) is -1.49. The molecule has 0 radical (unpaired) electrons. The second-order valence-electron chi connectivity index (χ2n) is 4.70. The molecule has 0 aromatic heterocycles. The van der Waals surface area contributed by atoms with E-state index < -0.39 is 18.0 Å². The number of nitrogens with zero attached hydrogens (tertiary/aromatic N) is 1. The smallest absolute Gasteiger partial charge is 0.341 e. The first-order valence-corrected chi connectivity index (χ1v) is 6.70. The molecular formula is C16H17N3O3. The molecule has 2 rings (SSSR count). The van der Waals surface area contributed by atoms with E-state index in [0.717, 1.165) is 10.5 Å². The van der Waals surface area contributed by atoms with Gasteiger partial charge in [-0.25, -0.2) is 4.79 Å². The summed E-state index contributed by atoms with van der Waals surface area (Å²) in [5.74, 6) is -1.77. The first-order chi connectivity index (χ1) is 10.5. The van der Waals surface area contributed by atoms with Crippen molar-refractivity contribution in [3.05, 3.63) is 65.7 Å². The number of hydrogen-bond donors (Lipinski definition) is 3. The van der Waals surface area contributed by atoms with E-state index in [9.17, 15) is 14.7 Å². The molecular weight excluding hydrogens is 282 g/mol. The maximum Gasteiger partial charge on any atom is 0.341 e. The van der Waals surface area contributed by atoms with E-state index in [1.165, 1.54) is 0 Å². The molecule has 0 fully saturated rings. The van der Waals surface area contributed by atoms with Crippen LogP contribution in [0.25, 0.3) is 0 Å². The van der Waals surface area contributed by atoms with Crippen LogP contribution >= 0.6 is 0 Å². The van der Waals surface area contributed by atoms with Gasteiger partial charge >= 0.3 is 5.97 Å². The van der Waals surface area contributed by atoms with Gasteiger partial charge < -0.3 is 16.6 Å². The van der Waals surface area contributed by atoms with Crippen LogP contribution in [0.2, 0.25) is 0 Å². The first-order valence-electron chi connectivity index (χ1n) is 6.70. The average Bonchev–Trinajstić information content (AvgIpc) is 2.55. The van der Waals surface area contributed by atoms with E-state index in [2.05, 4.69) is 0 Å². The van der Waals surface area contributed by atoms with Crippen LogP contribution in [-0.2, 0) is 11.3 Å². The van der Waals surface area contributed by atoms with Crippen LogP contribution in [0.4, 0.5) is 5.69 Å². The van der Waals surface area contributed by atoms with E-state index in [4.69, 9.17) is 11.5 Å². The van der Waals surface area contributed by atoms with E-state index in [0.29, 0.717) is 11.3 Å². The number of amides is 1. The molecule has 22 heavy (non-hydrogen) atoms. The minimum atomic E-state index is -1.49. The number of anilines is 1. The number of carbonyl (C=O) groups is 2. The van der Waals surface area contributed by atoms with Crippen molar-refractivity contribution in [2.45, 2.75) is 12.7 Å². The number of hydrogen-bond acceptors (Lipinski definition) is 4. The highest BCUT2D eigenvalue weighted by Gasteiger charge is 2.28. The van der Waals surface area contributed by atoms with Crippen molar-refractivity contribution in [1.29, 1.82) is 0 Å². The fraction of sp³-hybridized carbons (Fsp3) is 0.125. The number of rotatable bonds is 5. The Kier molecular flexibility index (Phi) is 4.88. The zero-order chi connectivity index (χ0) is 16.1. The summed E-state index contributed by atoms with van der Waals surface area (Å²) in [5.41, 5.74) is 12.8. The lowest BCUT2D eigenvalue weighted by Crippen LogP contribution is -2.51. The Hall–Kier alpha value is -2.70. The summed E-state index contributed by atoms with van der Waals surface area (Å²) in [6.45, 7) is 0.281. The van der Waals surface area contributed by atoms with Crippen molar-refractivity contribution < 1.29 is 14.7 Å². The van der Waals surface area contributed by atoms with Crippen LogP contribution in [0.3, 0.4) is 0 Å². The molecule has 114 valence electrons. The Bertz CT molecular complexity index is 673. The minimum Gasteiger partial charge on any atom is -0.479 e. The molecule has 2 aromatic rings. The predicted octanol–water partition coefficient (Wildman–Crippen LogP) is 1.16. The third-order valence-corrected chi connectivity index (χ3v) is 3.20. The molecule has 0 saturated carbocycles. The second-order valence-corrected chi connectivity index (χ2v) is 4.70. The summed E-state index contributed by atoms with van der Waals surface area (Å²) < 4.78 is 0. The fourth-order valence-electron chi connectivity index (χ4n) is 2.07. The highest BCUT2D eigenvalue weighted by Crippen LogP contribution is 2.20. The van der Waals surface area contributed by atoms with Gasteiger partial charge in [0.15, 0.2) is 6.17 Å². The molecule has 1 atom stereocenters. The average molecular weight is 299 g/mol. The molecule has 0 spiro atoms. The van der Waals surface area contributed by atoms with Gasteiger partial charge in [0.05, 0.1) is 0 Å². The topological polar surface area (TPSA) is 110 Å². The molecule has 6 nitrogen and oxygen atoms in total. The van der Waals surface area contributed by atoms with Gasteiger partial charge in [0, 0.05) is 17.8 Å². The van der Waals surface area contributed by atoms with Gasteiger partial charge in [-0.2, -0.15) is 0 Å². The largest absolute Gasteiger partial charge is 0.479 e. The van der Waals surface area contributed by atoms with E-state index in [-0.39, 0.29) is 6.54 Å². The standard InChI is InChI=1S/C16H17N3O3/c17-10-11-5-4-8-13(9-11)19(14(18)16(21)22)15(20)12-6-2-1-3-7-12/h1-9,14H,10,17-18H2,(H,21,22)/t14-/m1/s1. The van der Waals surface area contributed by atoms with Crippen molar-refractivity contribution in [2.75, 3.05) is 4.90 Å². The molecule has 0 heterocycles. The number of benzene rings is 2. The predicted molar refractivity (Wildman–Crippen MR) is 83.2 cm³/mol. The molecule has 6 heteroatoms. The Labute approximate surface area is 128 Å². The van der Waals surface area contributed by atoms with Crippen molar-refractivity contribution in [3.8, 4) is 0 Å². The Morgan fingerprint density at radius 1 is 1.09 bits per heavy atom. The Balaban J connectivity index is 2.47. The number of carbonyl (C=O) groups excluding carboxylic acids is 1. The van der Waals surface area contributed by atoms with E-state index in [1.54, 1.807) is 54.6 Å². The summed E-state index contributed by atoms with van der Waals surface area (Å²) in [5, 5.41) is 9.19. The van der Waals surface area contributed by atoms with Crippen LogP contribution in [0.1, 0.15) is 15.9 Å². The molecule has 0 aliphatic rings. The highest BCUT2D eigenvalue weighted by atomic mass is 16.4. The maximum absolute atomic E-state index is 12.6. The fourth-order valence-corrected chi connectivity index (χ4v) is 2.07. The maximum atomic E-state index is 12.6. The van der Waals surface area contributed by atoms with Crippen molar-refractivity contribution >= 4 is 17.6 Å². The summed E-state index contributed by atoms with van der Waals surface area (Å²) in [7, 11) is 0. The molecule has 0 saturated heterocycles. The lowest BCUT2D eigenvalue weighted by atomic mass is 10.1. The van der Waals surface area contributed by atoms with Gasteiger partial charge in [-0.1, -0.05) is 30.3 Å². The van der Waals surface area contributed by atoms with Gasteiger partial charge in [0.2, 0.25) is 0 Å². The summed E-state index contributed by atoms with van der Waals surface area (Å²) in [6, 6.07) is 15.2. The van der Waals surface area contributed by atoms with Crippen LogP contribution in [0.5, 0.6) is 0 Å². The van der Waals surface area contributed by atoms with E-state index >= 15 is 0 Å². The zero-order valence-electron chi connectivity index (χ0n) is 11.8. The first kappa shape index (κ1) is 15.7. The third-order valence-electron chi connectivity index (χ3n) is 3.20. The van der Waals surface area contributed by atoms with Gasteiger partial charge in [-0.3, -0.25) is 9.69 Å². The minimum absolute atomic E-state index is 0.281. The normalized spacial score (nSPS) is 11.7. The summed E-state index contributed by atoms with van der Waals surface area (Å²) >= 11 is 0. The third kappa shape index (κ3) is 3.30. The van der Waals surface area contributed by atoms with Gasteiger partial charge in [0.25, 0.3) is 5.91 Å². The Morgan fingerprint density at radius 2 is 1.77 bits per heavy atom. The number of aliphatic carboxylic acids is 1. The van der Waals surface area contributed by atoms with Crippen LogP contribution in [0.15, 0.2) is 54.6 Å². The SMILES string of the molecule is NCc1cccc(N(C(=O)c2ccccc2)[C@@H](N)C(=O)O)c1. The summed E-state index contributed by atoms with van der Waals surface area (Å²) in [4.78, 5) is 25.0.